The summed E-state index contributed by atoms with van der Waals surface area (Å²) in [5, 5.41) is 21.2. The van der Waals surface area contributed by atoms with Gasteiger partial charge in [-0.1, -0.05) is 6.92 Å². The minimum absolute atomic E-state index is 0.141. The number of nitrogens with one attached hydrogen (secondary N) is 1. The van der Waals surface area contributed by atoms with Gasteiger partial charge in [0.15, 0.2) is 11.5 Å². The fourth-order valence-corrected chi connectivity index (χ4v) is 2.57. The van der Waals surface area contributed by atoms with Gasteiger partial charge in [0.25, 0.3) is 5.91 Å². The largest absolute Gasteiger partial charge is 0.505 e. The SMILES string of the molecule is C[C@@H]1CCC(=O)C(C(=O)NCC(=O)O)=C(O)c2cccn2CC1. The topological polar surface area (TPSA) is 109 Å². The van der Waals surface area contributed by atoms with Crippen LogP contribution in [0.3, 0.4) is 0 Å². The Morgan fingerprint density at radius 1 is 1.39 bits per heavy atom. The Morgan fingerprint density at radius 3 is 2.83 bits per heavy atom. The van der Waals surface area contributed by atoms with Crippen LogP contribution in [0.5, 0.6) is 0 Å². The smallest absolute Gasteiger partial charge is 0.322 e. The number of nitrogens with zero attached hydrogens (tertiary/aromatic N) is 1. The molecular weight excluding hydrogens is 300 g/mol. The van der Waals surface area contributed by atoms with Crippen LogP contribution in [-0.2, 0) is 20.9 Å². The van der Waals surface area contributed by atoms with E-state index in [1.165, 1.54) is 0 Å². The minimum atomic E-state index is -1.22. The lowest BCUT2D eigenvalue weighted by Crippen LogP contribution is -2.34. The number of carbonyl (C=O) groups is 3. The summed E-state index contributed by atoms with van der Waals surface area (Å²) in [6, 6.07) is 3.35. The van der Waals surface area contributed by atoms with Crippen LogP contribution in [0.15, 0.2) is 23.9 Å². The van der Waals surface area contributed by atoms with Crippen LogP contribution in [-0.4, -0.2) is 39.0 Å². The van der Waals surface area contributed by atoms with E-state index in [2.05, 4.69) is 5.32 Å². The molecule has 1 amide bonds. The van der Waals surface area contributed by atoms with Gasteiger partial charge in [-0.05, 0) is 30.9 Å². The first-order valence-electron chi connectivity index (χ1n) is 7.52. The van der Waals surface area contributed by atoms with Crippen molar-refractivity contribution in [3.05, 3.63) is 29.6 Å². The zero-order valence-electron chi connectivity index (χ0n) is 12.9. The predicted octanol–water partition coefficient (Wildman–Crippen LogP) is 1.35. The van der Waals surface area contributed by atoms with E-state index in [0.717, 1.165) is 6.42 Å². The van der Waals surface area contributed by atoms with E-state index >= 15 is 0 Å². The number of amides is 1. The summed E-state index contributed by atoms with van der Waals surface area (Å²) >= 11 is 0. The molecule has 1 aromatic rings. The van der Waals surface area contributed by atoms with E-state index in [0.29, 0.717) is 24.6 Å². The summed E-state index contributed by atoms with van der Waals surface area (Å²) < 4.78 is 1.79. The van der Waals surface area contributed by atoms with Gasteiger partial charge >= 0.3 is 5.97 Å². The maximum absolute atomic E-state index is 12.4. The van der Waals surface area contributed by atoms with Crippen LogP contribution in [0.25, 0.3) is 5.76 Å². The predicted molar refractivity (Wildman–Crippen MR) is 82.6 cm³/mol. The third-order valence-electron chi connectivity index (χ3n) is 3.94. The molecule has 0 spiro atoms. The number of aliphatic hydroxyl groups excluding tert-OH is 1. The number of rotatable bonds is 3. The molecule has 0 fully saturated rings. The second-order valence-electron chi connectivity index (χ2n) is 5.74. The molecule has 1 atom stereocenters. The molecule has 3 N–H and O–H groups in total. The zero-order valence-corrected chi connectivity index (χ0v) is 12.9. The van der Waals surface area contributed by atoms with Crippen LogP contribution >= 0.6 is 0 Å². The molecule has 7 nitrogen and oxygen atoms in total. The summed E-state index contributed by atoms with van der Waals surface area (Å²) in [5.74, 6) is -2.67. The van der Waals surface area contributed by atoms with Gasteiger partial charge in [-0.3, -0.25) is 14.4 Å². The molecule has 0 radical (unpaired) electrons. The number of carboxylic acids is 1. The summed E-state index contributed by atoms with van der Waals surface area (Å²) in [5.41, 5.74) is 0.00762. The van der Waals surface area contributed by atoms with Crippen molar-refractivity contribution in [1.82, 2.24) is 9.88 Å². The van der Waals surface area contributed by atoms with Crippen molar-refractivity contribution in [1.29, 1.82) is 0 Å². The lowest BCUT2D eigenvalue weighted by molar-refractivity contribution is -0.137. The number of carbonyl (C=O) groups excluding carboxylic acids is 2. The van der Waals surface area contributed by atoms with E-state index in [-0.39, 0.29) is 12.0 Å². The number of hydrogen-bond acceptors (Lipinski definition) is 4. The van der Waals surface area contributed by atoms with Crippen LogP contribution in [0.1, 0.15) is 31.9 Å². The summed E-state index contributed by atoms with van der Waals surface area (Å²) in [6.07, 6.45) is 3.39. The first-order valence-corrected chi connectivity index (χ1v) is 7.52. The second kappa shape index (κ2) is 7.13. The third-order valence-corrected chi connectivity index (χ3v) is 3.94. The number of aliphatic carboxylic acids is 1. The summed E-state index contributed by atoms with van der Waals surface area (Å²) in [4.78, 5) is 35.1. The summed E-state index contributed by atoms with van der Waals surface area (Å²) in [7, 11) is 0. The number of fused-ring (bicyclic) bond motifs is 1. The number of ketones is 1. The van der Waals surface area contributed by atoms with E-state index in [1.807, 2.05) is 6.92 Å². The lowest BCUT2D eigenvalue weighted by Gasteiger charge is -2.18. The van der Waals surface area contributed by atoms with Gasteiger partial charge in [-0.15, -0.1) is 0 Å². The molecule has 0 aromatic carbocycles. The highest BCUT2D eigenvalue weighted by atomic mass is 16.4. The van der Waals surface area contributed by atoms with Crippen molar-refractivity contribution in [2.45, 2.75) is 32.7 Å². The van der Waals surface area contributed by atoms with Gasteiger partial charge in [-0.2, -0.15) is 0 Å². The number of aromatic nitrogens is 1. The number of aliphatic hydroxyl groups is 1. The lowest BCUT2D eigenvalue weighted by atomic mass is 9.95. The Bertz CT molecular complexity index is 659. The number of hydrogen-bond donors (Lipinski definition) is 3. The maximum atomic E-state index is 12.4. The number of carboxylic acid groups (broad SMARTS) is 1. The van der Waals surface area contributed by atoms with E-state index in [9.17, 15) is 19.5 Å². The minimum Gasteiger partial charge on any atom is -0.505 e. The van der Waals surface area contributed by atoms with Crippen molar-refractivity contribution >= 4 is 23.4 Å². The molecule has 0 saturated heterocycles. The first kappa shape index (κ1) is 16.8. The van der Waals surface area contributed by atoms with Crippen molar-refractivity contribution in [3.8, 4) is 0 Å². The highest BCUT2D eigenvalue weighted by Gasteiger charge is 2.27. The standard InChI is InChI=1S/C16H20N2O5/c1-10-4-5-12(19)14(16(23)17-9-13(20)21)15(22)11-3-2-7-18(11)8-6-10/h2-3,7,10,22H,4-6,8-9H2,1H3,(H,17,23)(H,20,21)/t10-/m1/s1. The number of aryl methyl sites for hydroxylation is 1. The summed E-state index contributed by atoms with van der Waals surface area (Å²) in [6.45, 7) is 2.10. The molecule has 0 aliphatic carbocycles. The molecule has 1 aliphatic rings. The normalized spacial score (nSPS) is 19.2. The molecule has 1 aliphatic heterocycles. The molecule has 23 heavy (non-hydrogen) atoms. The third kappa shape index (κ3) is 4.00. The fraction of sp³-hybridized carbons (Fsp3) is 0.438. The van der Waals surface area contributed by atoms with Crippen molar-refractivity contribution in [3.63, 3.8) is 0 Å². The highest BCUT2D eigenvalue weighted by molar-refractivity contribution is 6.23. The van der Waals surface area contributed by atoms with Gasteiger partial charge in [0.1, 0.15) is 12.1 Å². The number of Topliss-reactive ketones (excluding diaryl/α,β-unsaturated/α-hetero) is 1. The van der Waals surface area contributed by atoms with Gasteiger partial charge < -0.3 is 20.1 Å². The van der Waals surface area contributed by atoms with Crippen LogP contribution in [0, 0.1) is 5.92 Å². The Kier molecular flexibility index (Phi) is 5.20. The molecule has 0 saturated carbocycles. The Balaban J connectivity index is 2.42. The van der Waals surface area contributed by atoms with E-state index in [4.69, 9.17) is 5.11 Å². The molecule has 2 heterocycles. The van der Waals surface area contributed by atoms with Crippen LogP contribution < -0.4 is 5.32 Å². The monoisotopic (exact) mass is 320 g/mol. The quantitative estimate of drug-likeness (QED) is 0.728. The fourth-order valence-electron chi connectivity index (χ4n) is 2.57. The Morgan fingerprint density at radius 2 is 2.13 bits per heavy atom. The molecule has 124 valence electrons. The maximum Gasteiger partial charge on any atom is 0.322 e. The van der Waals surface area contributed by atoms with Crippen molar-refractivity contribution < 1.29 is 24.6 Å². The van der Waals surface area contributed by atoms with Gasteiger partial charge in [0, 0.05) is 19.2 Å². The zero-order chi connectivity index (χ0) is 17.0. The Hall–Kier alpha value is -2.57. The van der Waals surface area contributed by atoms with Crippen LogP contribution in [0.2, 0.25) is 0 Å². The molecule has 7 heteroatoms. The molecule has 0 unspecified atom stereocenters. The van der Waals surface area contributed by atoms with Crippen molar-refractivity contribution in [2.75, 3.05) is 6.54 Å². The highest BCUT2D eigenvalue weighted by Crippen LogP contribution is 2.24. The molecule has 0 bridgehead atoms. The Labute approximate surface area is 133 Å². The average Bonchev–Trinajstić information content (AvgIpc) is 2.96. The molecule has 1 aromatic heterocycles. The van der Waals surface area contributed by atoms with Gasteiger partial charge in [0.2, 0.25) is 0 Å². The van der Waals surface area contributed by atoms with Gasteiger partial charge in [-0.25, -0.2) is 0 Å². The second-order valence-corrected chi connectivity index (χ2v) is 5.74. The van der Waals surface area contributed by atoms with E-state index in [1.54, 1.807) is 22.9 Å². The molecular formula is C16H20N2O5. The van der Waals surface area contributed by atoms with Crippen LogP contribution in [0.4, 0.5) is 0 Å². The average molecular weight is 320 g/mol. The van der Waals surface area contributed by atoms with E-state index < -0.39 is 30.0 Å². The first-order chi connectivity index (χ1) is 10.9. The van der Waals surface area contributed by atoms with Gasteiger partial charge in [0.05, 0.1) is 5.69 Å². The van der Waals surface area contributed by atoms with Crippen molar-refractivity contribution in [2.24, 2.45) is 5.92 Å². The molecule has 2 rings (SSSR count).